The summed E-state index contributed by atoms with van der Waals surface area (Å²) in [5.74, 6) is 0.504. The maximum absolute atomic E-state index is 12.3. The van der Waals surface area contributed by atoms with Gasteiger partial charge in [0, 0.05) is 5.69 Å². The number of anilines is 1. The number of hydrogen-bond donors (Lipinski definition) is 1. The van der Waals surface area contributed by atoms with E-state index < -0.39 is 0 Å². The fourth-order valence-corrected chi connectivity index (χ4v) is 2.40. The Morgan fingerprint density at radius 3 is 2.52 bits per heavy atom. The molecule has 0 spiro atoms. The Bertz CT molecular complexity index is 680. The highest BCUT2D eigenvalue weighted by molar-refractivity contribution is 6.31. The predicted octanol–water partition coefficient (Wildman–Crippen LogP) is 3.83. The van der Waals surface area contributed by atoms with Gasteiger partial charge in [-0.3, -0.25) is 9.48 Å². The van der Waals surface area contributed by atoms with Crippen LogP contribution in [0.1, 0.15) is 25.2 Å². The first-order valence-corrected chi connectivity index (χ1v) is 8.03. The zero-order chi connectivity index (χ0) is 17.0. The zero-order valence-corrected chi connectivity index (χ0v) is 14.6. The van der Waals surface area contributed by atoms with Gasteiger partial charge in [0.25, 0.3) is 0 Å². The number of nitrogens with zero attached hydrogens (tertiary/aromatic N) is 2. The molecule has 23 heavy (non-hydrogen) atoms. The molecule has 0 bridgehead atoms. The minimum Gasteiger partial charge on any atom is -0.494 e. The van der Waals surface area contributed by atoms with Crippen LogP contribution in [-0.2, 0) is 11.3 Å². The van der Waals surface area contributed by atoms with Gasteiger partial charge in [0.05, 0.1) is 35.5 Å². The van der Waals surface area contributed by atoms with Crippen LogP contribution in [0.5, 0.6) is 5.75 Å². The molecular formula is C17H22ClN3O2. The topological polar surface area (TPSA) is 56.1 Å². The normalized spacial score (nSPS) is 12.0. The average molecular weight is 336 g/mol. The lowest BCUT2D eigenvalue weighted by molar-refractivity contribution is -0.119. The van der Waals surface area contributed by atoms with Crippen molar-refractivity contribution in [1.82, 2.24) is 9.78 Å². The summed E-state index contributed by atoms with van der Waals surface area (Å²) in [6.07, 6.45) is 0. The summed E-state index contributed by atoms with van der Waals surface area (Å²) in [6.45, 7) is 8.67. The van der Waals surface area contributed by atoms with Crippen molar-refractivity contribution < 1.29 is 9.53 Å². The van der Waals surface area contributed by atoms with Crippen LogP contribution in [0.4, 0.5) is 5.69 Å². The van der Waals surface area contributed by atoms with Gasteiger partial charge in [-0.05, 0) is 45.0 Å². The number of rotatable bonds is 6. The van der Waals surface area contributed by atoms with Crippen molar-refractivity contribution in [2.24, 2.45) is 5.92 Å². The van der Waals surface area contributed by atoms with E-state index >= 15 is 0 Å². The molecule has 124 valence electrons. The minimum absolute atomic E-state index is 0.0576. The first-order chi connectivity index (χ1) is 10.9. The van der Waals surface area contributed by atoms with Crippen molar-refractivity contribution in [3.05, 3.63) is 40.7 Å². The highest BCUT2D eigenvalue weighted by atomic mass is 35.5. The molecule has 6 heteroatoms. The average Bonchev–Trinajstić information content (AvgIpc) is 2.76. The van der Waals surface area contributed by atoms with Crippen LogP contribution < -0.4 is 10.1 Å². The summed E-state index contributed by atoms with van der Waals surface area (Å²) in [6, 6.07) is 7.33. The Hall–Kier alpha value is -2.01. The maximum atomic E-state index is 12.3. The van der Waals surface area contributed by atoms with E-state index in [2.05, 4.69) is 10.4 Å². The van der Waals surface area contributed by atoms with Crippen molar-refractivity contribution in [2.45, 2.75) is 34.2 Å². The fourth-order valence-electron chi connectivity index (χ4n) is 2.26. The van der Waals surface area contributed by atoms with Gasteiger partial charge >= 0.3 is 0 Å². The molecule has 2 aromatic rings. The number of halogens is 1. The highest BCUT2D eigenvalue weighted by Gasteiger charge is 2.17. The van der Waals surface area contributed by atoms with Gasteiger partial charge in [0.15, 0.2) is 0 Å². The number of carbonyl (C=O) groups is 1. The van der Waals surface area contributed by atoms with Crippen molar-refractivity contribution >= 4 is 23.2 Å². The number of aromatic nitrogens is 2. The van der Waals surface area contributed by atoms with Crippen LogP contribution in [0.15, 0.2) is 24.3 Å². The zero-order valence-electron chi connectivity index (χ0n) is 13.9. The molecule has 1 atom stereocenters. The van der Waals surface area contributed by atoms with Crippen LogP contribution in [0.25, 0.3) is 0 Å². The Kier molecular flexibility index (Phi) is 5.66. The van der Waals surface area contributed by atoms with Gasteiger partial charge in [-0.2, -0.15) is 5.10 Å². The van der Waals surface area contributed by atoms with E-state index in [1.165, 1.54) is 0 Å². The van der Waals surface area contributed by atoms with Crippen LogP contribution in [0, 0.1) is 19.8 Å². The molecule has 1 aromatic carbocycles. The smallest absolute Gasteiger partial charge is 0.229 e. The number of aryl methyl sites for hydroxylation is 1. The molecule has 1 amide bonds. The Morgan fingerprint density at radius 1 is 1.35 bits per heavy atom. The SMILES string of the molecule is CCOc1ccc(NC(=O)C(C)Cn2nc(C)c(Cl)c2C)cc1. The number of hydrogen-bond acceptors (Lipinski definition) is 3. The summed E-state index contributed by atoms with van der Waals surface area (Å²) in [7, 11) is 0. The summed E-state index contributed by atoms with van der Waals surface area (Å²) in [4.78, 5) is 12.3. The molecule has 1 aromatic heterocycles. The Balaban J connectivity index is 1.98. The van der Waals surface area contributed by atoms with E-state index in [4.69, 9.17) is 16.3 Å². The lowest BCUT2D eigenvalue weighted by atomic mass is 10.1. The second-order valence-electron chi connectivity index (χ2n) is 5.51. The molecule has 0 saturated carbocycles. The van der Waals surface area contributed by atoms with Crippen molar-refractivity contribution in [1.29, 1.82) is 0 Å². The largest absolute Gasteiger partial charge is 0.494 e. The van der Waals surface area contributed by atoms with Crippen LogP contribution in [0.3, 0.4) is 0 Å². The second-order valence-corrected chi connectivity index (χ2v) is 5.89. The summed E-state index contributed by atoms with van der Waals surface area (Å²) in [5, 5.41) is 7.92. The molecule has 0 saturated heterocycles. The highest BCUT2D eigenvalue weighted by Crippen LogP contribution is 2.20. The fraction of sp³-hybridized carbons (Fsp3) is 0.412. The molecule has 2 rings (SSSR count). The third kappa shape index (κ3) is 4.26. The summed E-state index contributed by atoms with van der Waals surface area (Å²) >= 11 is 6.14. The quantitative estimate of drug-likeness (QED) is 0.873. The molecule has 0 aliphatic carbocycles. The Labute approximate surface area is 141 Å². The van der Waals surface area contributed by atoms with E-state index in [0.29, 0.717) is 18.2 Å². The molecule has 1 heterocycles. The van der Waals surface area contributed by atoms with Gasteiger partial charge in [0.1, 0.15) is 5.75 Å². The van der Waals surface area contributed by atoms with Gasteiger partial charge in [-0.15, -0.1) is 0 Å². The first-order valence-electron chi connectivity index (χ1n) is 7.65. The second kappa shape index (κ2) is 7.51. The van der Waals surface area contributed by atoms with E-state index in [1.807, 2.05) is 52.0 Å². The van der Waals surface area contributed by atoms with Gasteiger partial charge in [-0.1, -0.05) is 18.5 Å². The number of benzene rings is 1. The molecule has 0 aliphatic rings. The molecule has 1 unspecified atom stereocenters. The summed E-state index contributed by atoms with van der Waals surface area (Å²) in [5.41, 5.74) is 2.41. The predicted molar refractivity (Wildman–Crippen MR) is 92.1 cm³/mol. The third-order valence-corrected chi connectivity index (χ3v) is 4.17. The maximum Gasteiger partial charge on any atom is 0.229 e. The van der Waals surface area contributed by atoms with Crippen LogP contribution in [-0.4, -0.2) is 22.3 Å². The lowest BCUT2D eigenvalue weighted by Crippen LogP contribution is -2.25. The van der Waals surface area contributed by atoms with E-state index in [1.54, 1.807) is 4.68 Å². The number of ether oxygens (including phenoxy) is 1. The van der Waals surface area contributed by atoms with Crippen molar-refractivity contribution in [2.75, 3.05) is 11.9 Å². The number of amides is 1. The molecule has 5 nitrogen and oxygen atoms in total. The monoisotopic (exact) mass is 335 g/mol. The molecular weight excluding hydrogens is 314 g/mol. The van der Waals surface area contributed by atoms with E-state index in [9.17, 15) is 4.79 Å². The first kappa shape index (κ1) is 17.3. The standard InChI is InChI=1S/C17H22ClN3O2/c1-5-23-15-8-6-14(7-9-15)19-17(22)11(2)10-21-13(4)16(18)12(3)20-21/h6-9,11H,5,10H2,1-4H3,(H,19,22). The van der Waals surface area contributed by atoms with E-state index in [-0.39, 0.29) is 11.8 Å². The van der Waals surface area contributed by atoms with Crippen molar-refractivity contribution in [3.63, 3.8) is 0 Å². The van der Waals surface area contributed by atoms with Crippen LogP contribution in [0.2, 0.25) is 5.02 Å². The van der Waals surface area contributed by atoms with Crippen LogP contribution >= 0.6 is 11.6 Å². The molecule has 0 fully saturated rings. The van der Waals surface area contributed by atoms with Gasteiger partial charge < -0.3 is 10.1 Å². The third-order valence-electron chi connectivity index (χ3n) is 3.62. The lowest BCUT2D eigenvalue weighted by Gasteiger charge is -2.14. The number of carbonyl (C=O) groups excluding carboxylic acids is 1. The van der Waals surface area contributed by atoms with Gasteiger partial charge in [-0.25, -0.2) is 0 Å². The van der Waals surface area contributed by atoms with E-state index in [0.717, 1.165) is 22.8 Å². The summed E-state index contributed by atoms with van der Waals surface area (Å²) < 4.78 is 7.16. The number of nitrogens with one attached hydrogen (secondary N) is 1. The molecule has 0 aliphatic heterocycles. The van der Waals surface area contributed by atoms with Gasteiger partial charge in [0.2, 0.25) is 5.91 Å². The molecule has 0 radical (unpaired) electrons. The molecule has 1 N–H and O–H groups in total. The van der Waals surface area contributed by atoms with Crippen molar-refractivity contribution in [3.8, 4) is 5.75 Å². The Morgan fingerprint density at radius 2 is 2.00 bits per heavy atom. The minimum atomic E-state index is -0.226.